The van der Waals surface area contributed by atoms with Crippen molar-refractivity contribution in [2.75, 3.05) is 0 Å². The lowest BCUT2D eigenvalue weighted by Gasteiger charge is -2.14. The van der Waals surface area contributed by atoms with Crippen LogP contribution in [0.25, 0.3) is 10.1 Å². The van der Waals surface area contributed by atoms with Crippen LogP contribution in [0.5, 0.6) is 11.6 Å². The van der Waals surface area contributed by atoms with Crippen LogP contribution in [0.2, 0.25) is 5.02 Å². The van der Waals surface area contributed by atoms with Gasteiger partial charge in [-0.15, -0.1) is 11.3 Å². The van der Waals surface area contributed by atoms with Gasteiger partial charge in [0, 0.05) is 44.9 Å². The Kier molecular flexibility index (Phi) is 6.15. The topological polar surface area (TPSA) is 81.3 Å². The summed E-state index contributed by atoms with van der Waals surface area (Å²) in [4.78, 5) is 21.7. The molecule has 0 saturated carbocycles. The van der Waals surface area contributed by atoms with Crippen molar-refractivity contribution in [1.29, 1.82) is 0 Å². The lowest BCUT2D eigenvalue weighted by atomic mass is 10.2. The van der Waals surface area contributed by atoms with E-state index in [4.69, 9.17) is 33.8 Å². The van der Waals surface area contributed by atoms with E-state index in [1.807, 2.05) is 24.3 Å². The Balaban J connectivity index is 1.51. The fourth-order valence-electron chi connectivity index (χ4n) is 2.86. The van der Waals surface area contributed by atoms with Crippen molar-refractivity contribution in [1.82, 2.24) is 14.4 Å². The normalized spacial score (nSPS) is 10.9. The fourth-order valence-corrected chi connectivity index (χ4v) is 4.63. The van der Waals surface area contributed by atoms with Crippen LogP contribution in [-0.2, 0) is 13.1 Å². The number of rotatable bonds is 6. The highest BCUT2D eigenvalue weighted by Gasteiger charge is 2.19. The monoisotopic (exact) mass is 458 g/mol. The number of nitrogens with two attached hydrogens (primary N) is 1. The van der Waals surface area contributed by atoms with E-state index in [9.17, 15) is 4.79 Å². The second-order valence-electron chi connectivity index (χ2n) is 6.34. The summed E-state index contributed by atoms with van der Waals surface area (Å²) in [6.07, 6.45) is 1.38. The molecule has 9 heteroatoms. The van der Waals surface area contributed by atoms with Crippen molar-refractivity contribution in [2.45, 2.75) is 13.1 Å². The average Bonchev–Trinajstić information content (AvgIpc) is 3.09. The lowest BCUT2D eigenvalue weighted by molar-refractivity contribution is 0.0858. The second-order valence-corrected chi connectivity index (χ2v) is 8.27. The number of amides is 1. The number of fused-ring (bicyclic) bond motifs is 1. The average molecular weight is 459 g/mol. The molecule has 0 saturated heterocycles. The highest BCUT2D eigenvalue weighted by Crippen LogP contribution is 2.36. The maximum absolute atomic E-state index is 12.8. The number of carbonyl (C=O) groups excluding carboxylic acids is 1. The maximum atomic E-state index is 12.8. The summed E-state index contributed by atoms with van der Waals surface area (Å²) in [7, 11) is 0. The molecule has 0 aliphatic rings. The molecule has 0 bridgehead atoms. The van der Waals surface area contributed by atoms with Crippen molar-refractivity contribution in [3.8, 4) is 11.6 Å². The Hall–Kier alpha value is -2.71. The maximum Gasteiger partial charge on any atom is 0.268 e. The van der Waals surface area contributed by atoms with Gasteiger partial charge in [0.2, 0.25) is 5.88 Å². The number of hydrogen-bond donors (Lipinski definition) is 1. The predicted molar refractivity (Wildman–Crippen MR) is 119 cm³/mol. The molecule has 30 heavy (non-hydrogen) atoms. The van der Waals surface area contributed by atoms with Gasteiger partial charge in [-0.25, -0.2) is 14.4 Å². The number of hydrogen-bond acceptors (Lipinski definition) is 6. The van der Waals surface area contributed by atoms with E-state index in [-0.39, 0.29) is 19.0 Å². The van der Waals surface area contributed by atoms with E-state index in [2.05, 4.69) is 9.97 Å². The highest BCUT2D eigenvalue weighted by atomic mass is 35.5. The van der Waals surface area contributed by atoms with Crippen LogP contribution in [0, 0.1) is 0 Å². The molecule has 2 aromatic carbocycles. The highest BCUT2D eigenvalue weighted by molar-refractivity contribution is 7.19. The zero-order valence-corrected chi connectivity index (χ0v) is 17.9. The Labute approximate surface area is 186 Å². The smallest absolute Gasteiger partial charge is 0.268 e. The molecule has 0 unspecified atom stereocenters. The number of thiophene rings is 1. The van der Waals surface area contributed by atoms with Gasteiger partial charge < -0.3 is 10.5 Å². The minimum absolute atomic E-state index is 0.190. The van der Waals surface area contributed by atoms with Crippen LogP contribution < -0.4 is 10.5 Å². The molecule has 1 amide bonds. The minimum Gasteiger partial charge on any atom is -0.439 e. The Morgan fingerprint density at radius 2 is 1.97 bits per heavy atom. The number of carbonyl (C=O) groups is 1. The summed E-state index contributed by atoms with van der Waals surface area (Å²) in [5.41, 5.74) is 6.62. The first kappa shape index (κ1) is 20.6. The van der Waals surface area contributed by atoms with Crippen molar-refractivity contribution in [3.05, 3.63) is 82.1 Å². The molecule has 152 valence electrons. The third kappa shape index (κ3) is 4.39. The molecule has 2 aromatic heterocycles. The largest absolute Gasteiger partial charge is 0.439 e. The van der Waals surface area contributed by atoms with Gasteiger partial charge in [-0.1, -0.05) is 35.9 Å². The Morgan fingerprint density at radius 3 is 2.77 bits per heavy atom. The number of nitrogens with zero attached hydrogens (tertiary/aromatic N) is 3. The summed E-state index contributed by atoms with van der Waals surface area (Å²) < 4.78 is 7.90. The van der Waals surface area contributed by atoms with E-state index in [0.717, 1.165) is 19.4 Å². The van der Waals surface area contributed by atoms with Crippen LogP contribution in [0.1, 0.15) is 20.9 Å². The molecule has 0 aliphatic heterocycles. The van der Waals surface area contributed by atoms with E-state index in [1.165, 1.54) is 17.7 Å². The third-order valence-electron chi connectivity index (χ3n) is 4.32. The molecule has 0 aliphatic carbocycles. The summed E-state index contributed by atoms with van der Waals surface area (Å²) >= 11 is 14.3. The molecule has 0 atom stereocenters. The van der Waals surface area contributed by atoms with Crippen LogP contribution in [0.4, 0.5) is 0 Å². The zero-order valence-electron chi connectivity index (χ0n) is 15.6. The number of aromatic nitrogens is 2. The molecule has 0 radical (unpaired) electrons. The molecule has 4 rings (SSSR count). The lowest BCUT2D eigenvalue weighted by Crippen LogP contribution is -2.20. The van der Waals surface area contributed by atoms with Gasteiger partial charge in [-0.2, -0.15) is 0 Å². The molecular formula is C21H16Cl2N4O2S. The fraction of sp³-hybridized carbons (Fsp3) is 0.0952. The molecule has 6 nitrogen and oxygen atoms in total. The van der Waals surface area contributed by atoms with Gasteiger partial charge in [-0.3, -0.25) is 4.79 Å². The second kappa shape index (κ2) is 8.97. The third-order valence-corrected chi connectivity index (χ3v) is 6.29. The summed E-state index contributed by atoms with van der Waals surface area (Å²) in [5.74, 6) is 0.434. The van der Waals surface area contributed by atoms with Crippen LogP contribution >= 0.6 is 34.7 Å². The van der Waals surface area contributed by atoms with Crippen molar-refractivity contribution >= 4 is 50.7 Å². The molecule has 0 fully saturated rings. The standard InChI is InChI=1S/C21H16Cl2N4O2S/c22-20-16-6-1-2-7-17(16)30-18(20)11-27(23)21(28)13-4-3-5-15(8-13)29-19-9-14(10-24)25-12-26-19/h1-9,12H,10-11,24H2. The first-order chi connectivity index (χ1) is 14.5. The zero-order chi connectivity index (χ0) is 21.1. The number of halogens is 2. The summed E-state index contributed by atoms with van der Waals surface area (Å²) in [6.45, 7) is 0.467. The van der Waals surface area contributed by atoms with Gasteiger partial charge >= 0.3 is 0 Å². The summed E-state index contributed by atoms with van der Waals surface area (Å²) in [5, 5.41) is 1.57. The molecule has 4 aromatic rings. The Morgan fingerprint density at radius 1 is 1.13 bits per heavy atom. The van der Waals surface area contributed by atoms with Crippen LogP contribution in [0.15, 0.2) is 60.9 Å². The SMILES string of the molecule is NCc1cc(Oc2cccc(C(=O)N(Cl)Cc3sc4ccccc4c3Cl)c2)ncn1. The van der Waals surface area contributed by atoms with Gasteiger partial charge in [0.05, 0.1) is 17.3 Å². The van der Waals surface area contributed by atoms with Crippen molar-refractivity contribution < 1.29 is 9.53 Å². The predicted octanol–water partition coefficient (Wildman–Crippen LogP) is 5.39. The van der Waals surface area contributed by atoms with Gasteiger partial charge in [0.25, 0.3) is 5.91 Å². The first-order valence-corrected chi connectivity index (χ1v) is 10.5. The molecule has 2 N–H and O–H groups in total. The molecule has 2 heterocycles. The van der Waals surface area contributed by atoms with Crippen molar-refractivity contribution in [3.63, 3.8) is 0 Å². The number of ether oxygens (including phenoxy) is 1. The number of benzene rings is 2. The van der Waals surface area contributed by atoms with Crippen LogP contribution in [-0.4, -0.2) is 20.3 Å². The first-order valence-electron chi connectivity index (χ1n) is 8.97. The van der Waals surface area contributed by atoms with E-state index >= 15 is 0 Å². The minimum atomic E-state index is -0.360. The molecule has 0 spiro atoms. The van der Waals surface area contributed by atoms with Gasteiger partial charge in [-0.05, 0) is 24.3 Å². The van der Waals surface area contributed by atoms with Gasteiger partial charge in [0.15, 0.2) is 0 Å². The summed E-state index contributed by atoms with van der Waals surface area (Å²) in [6, 6.07) is 16.2. The van der Waals surface area contributed by atoms with Gasteiger partial charge in [0.1, 0.15) is 12.1 Å². The van der Waals surface area contributed by atoms with Crippen LogP contribution in [0.3, 0.4) is 0 Å². The Bertz CT molecular complexity index is 1210. The molecular weight excluding hydrogens is 443 g/mol. The van der Waals surface area contributed by atoms with Crippen molar-refractivity contribution in [2.24, 2.45) is 5.73 Å². The van der Waals surface area contributed by atoms with E-state index in [1.54, 1.807) is 30.3 Å². The van der Waals surface area contributed by atoms with E-state index < -0.39 is 0 Å². The van der Waals surface area contributed by atoms with E-state index in [0.29, 0.717) is 27.9 Å². The quantitative estimate of drug-likeness (QED) is 0.391.